The lowest BCUT2D eigenvalue weighted by Crippen LogP contribution is -2.44. The van der Waals surface area contributed by atoms with Gasteiger partial charge in [0.2, 0.25) is 5.91 Å². The van der Waals surface area contributed by atoms with E-state index in [0.717, 1.165) is 5.75 Å². The Balaban J connectivity index is 4.23. The van der Waals surface area contributed by atoms with Crippen LogP contribution >= 0.6 is 23.4 Å². The van der Waals surface area contributed by atoms with Gasteiger partial charge in [-0.1, -0.05) is 0 Å². The number of halogens is 1. The molecule has 0 spiro atoms. The van der Waals surface area contributed by atoms with Crippen LogP contribution in [0.1, 0.15) is 13.3 Å². The van der Waals surface area contributed by atoms with E-state index in [9.17, 15) is 9.59 Å². The van der Waals surface area contributed by atoms with Crippen LogP contribution < -0.4 is 5.32 Å². The zero-order valence-corrected chi connectivity index (χ0v) is 10.7. The standard InChI is InChI=1S/C9H16ClNO3S/c1-6(10)8(12)11-7(4-5-15-3)9(13)14-2/h6-7H,4-5H2,1-3H3,(H,11,12). The Morgan fingerprint density at radius 2 is 2.13 bits per heavy atom. The van der Waals surface area contributed by atoms with Gasteiger partial charge in [-0.15, -0.1) is 11.6 Å². The number of hydrogen-bond acceptors (Lipinski definition) is 4. The van der Waals surface area contributed by atoms with Gasteiger partial charge in [0.1, 0.15) is 11.4 Å². The minimum atomic E-state index is -0.647. The summed E-state index contributed by atoms with van der Waals surface area (Å²) in [5.41, 5.74) is 0. The van der Waals surface area contributed by atoms with Crippen molar-refractivity contribution in [2.45, 2.75) is 24.8 Å². The summed E-state index contributed by atoms with van der Waals surface area (Å²) in [5, 5.41) is 1.90. The number of carbonyl (C=O) groups is 2. The van der Waals surface area contributed by atoms with Crippen molar-refractivity contribution in [2.75, 3.05) is 19.1 Å². The van der Waals surface area contributed by atoms with Crippen molar-refractivity contribution in [3.05, 3.63) is 0 Å². The summed E-state index contributed by atoms with van der Waals surface area (Å²) < 4.78 is 4.58. The van der Waals surface area contributed by atoms with Gasteiger partial charge in [-0.05, 0) is 25.4 Å². The molecule has 0 aliphatic heterocycles. The van der Waals surface area contributed by atoms with E-state index in [1.807, 2.05) is 6.26 Å². The normalized spacial score (nSPS) is 14.1. The highest BCUT2D eigenvalue weighted by molar-refractivity contribution is 7.98. The molecule has 0 saturated carbocycles. The molecule has 0 rings (SSSR count). The van der Waals surface area contributed by atoms with E-state index >= 15 is 0 Å². The molecule has 2 unspecified atom stereocenters. The fraction of sp³-hybridized carbons (Fsp3) is 0.778. The lowest BCUT2D eigenvalue weighted by atomic mass is 10.2. The highest BCUT2D eigenvalue weighted by Crippen LogP contribution is 2.04. The van der Waals surface area contributed by atoms with Gasteiger partial charge in [0.05, 0.1) is 7.11 Å². The Morgan fingerprint density at radius 3 is 2.53 bits per heavy atom. The van der Waals surface area contributed by atoms with Gasteiger partial charge in [-0.3, -0.25) is 4.79 Å². The molecule has 0 heterocycles. The van der Waals surface area contributed by atoms with Gasteiger partial charge in [0.15, 0.2) is 0 Å². The largest absolute Gasteiger partial charge is 0.467 e. The number of rotatable bonds is 6. The minimum absolute atomic E-state index is 0.354. The van der Waals surface area contributed by atoms with E-state index in [4.69, 9.17) is 11.6 Å². The number of hydrogen-bond donors (Lipinski definition) is 1. The Kier molecular flexibility index (Phi) is 7.60. The summed E-state index contributed by atoms with van der Waals surface area (Å²) in [6.07, 6.45) is 2.48. The van der Waals surface area contributed by atoms with Crippen LogP contribution in [0.3, 0.4) is 0 Å². The third-order valence-corrected chi connectivity index (χ3v) is 2.62. The van der Waals surface area contributed by atoms with Crippen molar-refractivity contribution in [3.8, 4) is 0 Å². The van der Waals surface area contributed by atoms with Crippen LogP contribution in [0.15, 0.2) is 0 Å². The number of nitrogens with one attached hydrogen (secondary N) is 1. The van der Waals surface area contributed by atoms with Gasteiger partial charge in [0.25, 0.3) is 0 Å². The summed E-state index contributed by atoms with van der Waals surface area (Å²) >= 11 is 7.19. The number of ether oxygens (including phenoxy) is 1. The third kappa shape index (κ3) is 5.89. The topological polar surface area (TPSA) is 55.4 Å². The quantitative estimate of drug-likeness (QED) is 0.567. The molecule has 1 N–H and O–H groups in total. The molecule has 1 amide bonds. The highest BCUT2D eigenvalue weighted by atomic mass is 35.5. The van der Waals surface area contributed by atoms with E-state index in [1.54, 1.807) is 18.7 Å². The van der Waals surface area contributed by atoms with Crippen molar-refractivity contribution >= 4 is 35.2 Å². The van der Waals surface area contributed by atoms with Gasteiger partial charge in [-0.25, -0.2) is 4.79 Å². The van der Waals surface area contributed by atoms with E-state index < -0.39 is 17.4 Å². The molecular formula is C9H16ClNO3S. The van der Waals surface area contributed by atoms with Crippen molar-refractivity contribution in [2.24, 2.45) is 0 Å². The second kappa shape index (κ2) is 7.82. The molecule has 0 aliphatic rings. The zero-order valence-electron chi connectivity index (χ0n) is 9.08. The molecule has 2 atom stereocenters. The first-order chi connectivity index (χ1) is 7.02. The first-order valence-electron chi connectivity index (χ1n) is 4.54. The predicted octanol–water partition coefficient (Wildman–Crippen LogP) is 1.02. The Bertz CT molecular complexity index is 223. The van der Waals surface area contributed by atoms with Crippen LogP contribution in [0.25, 0.3) is 0 Å². The molecule has 4 nitrogen and oxygen atoms in total. The Labute approximate surface area is 99.1 Å². The molecule has 88 valence electrons. The second-order valence-corrected chi connectivity index (χ2v) is 4.62. The van der Waals surface area contributed by atoms with Crippen molar-refractivity contribution in [1.82, 2.24) is 5.32 Å². The van der Waals surface area contributed by atoms with Crippen LogP contribution in [0, 0.1) is 0 Å². The third-order valence-electron chi connectivity index (χ3n) is 1.77. The number of carbonyl (C=O) groups excluding carboxylic acids is 2. The molecule has 0 aromatic carbocycles. The highest BCUT2D eigenvalue weighted by Gasteiger charge is 2.22. The number of esters is 1. The molecule has 0 aromatic heterocycles. The van der Waals surface area contributed by atoms with Crippen molar-refractivity contribution in [1.29, 1.82) is 0 Å². The fourth-order valence-electron chi connectivity index (χ4n) is 0.913. The predicted molar refractivity (Wildman–Crippen MR) is 62.3 cm³/mol. The second-order valence-electron chi connectivity index (χ2n) is 2.98. The maximum absolute atomic E-state index is 11.3. The number of methoxy groups -OCH3 is 1. The molecule has 0 saturated heterocycles. The van der Waals surface area contributed by atoms with Gasteiger partial charge in [0, 0.05) is 0 Å². The van der Waals surface area contributed by atoms with E-state index in [-0.39, 0.29) is 5.91 Å². The van der Waals surface area contributed by atoms with Gasteiger partial charge >= 0.3 is 5.97 Å². The smallest absolute Gasteiger partial charge is 0.328 e. The monoisotopic (exact) mass is 253 g/mol. The molecular weight excluding hydrogens is 238 g/mol. The van der Waals surface area contributed by atoms with Crippen LogP contribution in [0.4, 0.5) is 0 Å². The summed E-state index contributed by atoms with van der Waals surface area (Å²) in [6, 6.07) is -0.601. The summed E-state index contributed by atoms with van der Waals surface area (Å²) in [5.74, 6) is -0.0145. The van der Waals surface area contributed by atoms with Crippen LogP contribution in [0.5, 0.6) is 0 Å². The number of alkyl halides is 1. The molecule has 0 bridgehead atoms. The minimum Gasteiger partial charge on any atom is -0.467 e. The van der Waals surface area contributed by atoms with Crippen molar-refractivity contribution < 1.29 is 14.3 Å². The summed E-state index contributed by atoms with van der Waals surface area (Å²) in [4.78, 5) is 22.6. The first-order valence-corrected chi connectivity index (χ1v) is 6.37. The summed E-state index contributed by atoms with van der Waals surface area (Å²) in [7, 11) is 1.30. The van der Waals surface area contributed by atoms with E-state index in [1.165, 1.54) is 7.11 Å². The lowest BCUT2D eigenvalue weighted by Gasteiger charge is -2.16. The van der Waals surface area contributed by atoms with Gasteiger partial charge in [-0.2, -0.15) is 11.8 Å². The Hall–Kier alpha value is -0.420. The molecule has 0 aliphatic carbocycles. The molecule has 15 heavy (non-hydrogen) atoms. The van der Waals surface area contributed by atoms with Crippen LogP contribution in [-0.4, -0.2) is 42.4 Å². The number of amides is 1. The number of thioether (sulfide) groups is 1. The zero-order chi connectivity index (χ0) is 11.8. The van der Waals surface area contributed by atoms with Crippen LogP contribution in [0.2, 0.25) is 0 Å². The molecule has 0 radical (unpaired) electrons. The van der Waals surface area contributed by atoms with Crippen molar-refractivity contribution in [3.63, 3.8) is 0 Å². The average Bonchev–Trinajstić information content (AvgIpc) is 2.22. The molecule has 0 aromatic rings. The lowest BCUT2D eigenvalue weighted by molar-refractivity contribution is -0.145. The van der Waals surface area contributed by atoms with Crippen LogP contribution in [-0.2, 0) is 14.3 Å². The SMILES string of the molecule is COC(=O)C(CCSC)NC(=O)C(C)Cl. The average molecular weight is 254 g/mol. The van der Waals surface area contributed by atoms with E-state index in [2.05, 4.69) is 10.1 Å². The molecule has 6 heteroatoms. The Morgan fingerprint density at radius 1 is 1.53 bits per heavy atom. The van der Waals surface area contributed by atoms with Gasteiger partial charge < -0.3 is 10.1 Å². The van der Waals surface area contributed by atoms with E-state index in [0.29, 0.717) is 6.42 Å². The molecule has 0 fully saturated rings. The maximum Gasteiger partial charge on any atom is 0.328 e. The fourth-order valence-corrected chi connectivity index (χ4v) is 1.45. The summed E-state index contributed by atoms with van der Waals surface area (Å²) in [6.45, 7) is 1.56. The first kappa shape index (κ1) is 14.6. The maximum atomic E-state index is 11.3.